The minimum absolute atomic E-state index is 0.106. The molecule has 0 radical (unpaired) electrons. The van der Waals surface area contributed by atoms with Gasteiger partial charge in [-0.1, -0.05) is 28.9 Å². The summed E-state index contributed by atoms with van der Waals surface area (Å²) in [5.74, 6) is 0.101. The topological polar surface area (TPSA) is 105 Å². The van der Waals surface area contributed by atoms with E-state index in [2.05, 4.69) is 10.1 Å². The van der Waals surface area contributed by atoms with Gasteiger partial charge in [0.1, 0.15) is 11.3 Å². The normalized spacial score (nSPS) is 10.8. The molecule has 0 amide bonds. The van der Waals surface area contributed by atoms with Gasteiger partial charge in [0.05, 0.1) is 12.5 Å². The molecule has 0 atom stereocenters. The second-order valence-corrected chi connectivity index (χ2v) is 6.29. The lowest BCUT2D eigenvalue weighted by atomic mass is 10.1. The fraction of sp³-hybridized carbons (Fsp3) is 0.143. The Morgan fingerprint density at radius 3 is 2.83 bits per heavy atom. The van der Waals surface area contributed by atoms with Crippen LogP contribution in [0.4, 0.5) is 0 Å². The molecule has 2 aromatic carbocycles. The number of nitrogens with zero attached hydrogens (tertiary/aromatic N) is 2. The van der Waals surface area contributed by atoms with Crippen LogP contribution in [0.2, 0.25) is 0 Å². The molecule has 0 aliphatic rings. The van der Waals surface area contributed by atoms with Crippen molar-refractivity contribution in [2.24, 2.45) is 0 Å². The minimum atomic E-state index is -0.800. The Morgan fingerprint density at radius 2 is 2.00 bits per heavy atom. The summed E-state index contributed by atoms with van der Waals surface area (Å²) >= 11 is 0. The first-order chi connectivity index (χ1) is 14.0. The highest BCUT2D eigenvalue weighted by atomic mass is 16.6. The Labute approximate surface area is 164 Å². The van der Waals surface area contributed by atoms with Gasteiger partial charge in [-0.3, -0.25) is 4.79 Å². The molecule has 0 aliphatic heterocycles. The lowest BCUT2D eigenvalue weighted by molar-refractivity contribution is 0.0394. The summed E-state index contributed by atoms with van der Waals surface area (Å²) in [6.45, 7) is 1.61. The number of esters is 1. The van der Waals surface area contributed by atoms with E-state index in [1.165, 1.54) is 0 Å². The van der Waals surface area contributed by atoms with Crippen molar-refractivity contribution in [2.45, 2.75) is 13.5 Å². The number of ether oxygens (including phenoxy) is 2. The maximum atomic E-state index is 12.3. The average Bonchev–Trinajstić information content (AvgIpc) is 3.21. The largest absolute Gasteiger partial charge is 0.497 e. The molecule has 0 aliphatic carbocycles. The van der Waals surface area contributed by atoms with E-state index in [0.717, 1.165) is 11.6 Å². The Morgan fingerprint density at radius 1 is 1.14 bits per heavy atom. The van der Waals surface area contributed by atoms with Crippen LogP contribution in [0.3, 0.4) is 0 Å². The number of carbonyl (C=O) groups excluding carboxylic acids is 1. The highest BCUT2D eigenvalue weighted by Crippen LogP contribution is 2.21. The summed E-state index contributed by atoms with van der Waals surface area (Å²) < 4.78 is 20.9. The molecule has 0 bridgehead atoms. The van der Waals surface area contributed by atoms with E-state index < -0.39 is 5.97 Å². The third-order valence-corrected chi connectivity index (χ3v) is 4.21. The fourth-order valence-corrected chi connectivity index (χ4v) is 2.76. The number of fused-ring (bicyclic) bond motifs is 1. The van der Waals surface area contributed by atoms with Crippen molar-refractivity contribution in [3.63, 3.8) is 0 Å². The third kappa shape index (κ3) is 3.86. The molecular formula is C21H16N2O6. The Kier molecular flexibility index (Phi) is 4.82. The number of carbonyl (C=O) groups is 1. The maximum absolute atomic E-state index is 12.3. The van der Waals surface area contributed by atoms with Gasteiger partial charge in [-0.25, -0.2) is 4.79 Å². The Hall–Kier alpha value is -3.94. The monoisotopic (exact) mass is 392 g/mol. The van der Waals surface area contributed by atoms with Crippen LogP contribution in [-0.2, 0) is 11.3 Å². The highest BCUT2D eigenvalue weighted by molar-refractivity contribution is 5.89. The van der Waals surface area contributed by atoms with Crippen LogP contribution < -0.4 is 10.2 Å². The van der Waals surface area contributed by atoms with Crippen molar-refractivity contribution < 1.29 is 23.2 Å². The van der Waals surface area contributed by atoms with E-state index in [4.69, 9.17) is 18.4 Å². The standard InChI is InChI=1S/C21H16N2O6/c1-12-6-7-17-15(8-12)16(24)10-18(28-17)21(25)27-11-19-22-20(23-29-19)13-4-3-5-14(9-13)26-2/h3-10H,11H2,1-2H3. The van der Waals surface area contributed by atoms with E-state index in [1.54, 1.807) is 49.6 Å². The molecule has 0 saturated heterocycles. The predicted octanol–water partition coefficient (Wildman–Crippen LogP) is 3.52. The van der Waals surface area contributed by atoms with Crippen molar-refractivity contribution in [1.29, 1.82) is 0 Å². The zero-order valence-electron chi connectivity index (χ0n) is 15.7. The quantitative estimate of drug-likeness (QED) is 0.475. The average molecular weight is 392 g/mol. The molecule has 0 fully saturated rings. The van der Waals surface area contributed by atoms with Crippen LogP contribution in [0.1, 0.15) is 22.0 Å². The highest BCUT2D eigenvalue weighted by Gasteiger charge is 2.16. The predicted molar refractivity (Wildman–Crippen MR) is 103 cm³/mol. The first-order valence-electron chi connectivity index (χ1n) is 8.72. The van der Waals surface area contributed by atoms with E-state index in [1.807, 2.05) is 6.92 Å². The lowest BCUT2D eigenvalue weighted by Gasteiger charge is -2.03. The summed E-state index contributed by atoms with van der Waals surface area (Å²) in [7, 11) is 1.56. The number of hydrogen-bond acceptors (Lipinski definition) is 8. The van der Waals surface area contributed by atoms with E-state index in [9.17, 15) is 9.59 Å². The molecule has 4 aromatic rings. The first kappa shape index (κ1) is 18.4. The van der Waals surface area contributed by atoms with Crippen LogP contribution in [-0.4, -0.2) is 23.2 Å². The number of benzene rings is 2. The van der Waals surface area contributed by atoms with Gasteiger partial charge in [-0.05, 0) is 31.2 Å². The molecule has 2 aromatic heterocycles. The van der Waals surface area contributed by atoms with Crippen molar-refractivity contribution in [1.82, 2.24) is 10.1 Å². The molecule has 8 heteroatoms. The SMILES string of the molecule is COc1cccc(-c2noc(COC(=O)c3cc(=O)c4cc(C)ccc4o3)n2)c1. The second-order valence-electron chi connectivity index (χ2n) is 6.29. The molecule has 8 nitrogen and oxygen atoms in total. The van der Waals surface area contributed by atoms with Crippen LogP contribution >= 0.6 is 0 Å². The molecule has 0 saturated carbocycles. The first-order valence-corrected chi connectivity index (χ1v) is 8.72. The molecule has 0 N–H and O–H groups in total. The Bertz CT molecular complexity index is 1260. The van der Waals surface area contributed by atoms with Gasteiger partial charge < -0.3 is 18.4 Å². The molecule has 0 unspecified atom stereocenters. The zero-order valence-corrected chi connectivity index (χ0v) is 15.7. The summed E-state index contributed by atoms with van der Waals surface area (Å²) in [6.07, 6.45) is 0. The molecule has 4 rings (SSSR count). The van der Waals surface area contributed by atoms with Crippen LogP contribution in [0.15, 0.2) is 62.3 Å². The van der Waals surface area contributed by atoms with Gasteiger partial charge in [0.25, 0.3) is 5.89 Å². The van der Waals surface area contributed by atoms with Gasteiger partial charge in [0, 0.05) is 11.6 Å². The van der Waals surface area contributed by atoms with E-state index >= 15 is 0 Å². The van der Waals surface area contributed by atoms with Crippen LogP contribution in [0.5, 0.6) is 5.75 Å². The minimum Gasteiger partial charge on any atom is -0.497 e. The van der Waals surface area contributed by atoms with Crippen molar-refractivity contribution in [3.05, 3.63) is 76.0 Å². The second kappa shape index (κ2) is 7.59. The zero-order chi connectivity index (χ0) is 20.4. The number of aromatic nitrogens is 2. The van der Waals surface area contributed by atoms with E-state index in [-0.39, 0.29) is 23.7 Å². The van der Waals surface area contributed by atoms with Crippen molar-refractivity contribution >= 4 is 16.9 Å². The summed E-state index contributed by atoms with van der Waals surface area (Å²) in [4.78, 5) is 28.7. The van der Waals surface area contributed by atoms with Crippen LogP contribution in [0.25, 0.3) is 22.4 Å². The van der Waals surface area contributed by atoms with Gasteiger partial charge in [-0.15, -0.1) is 0 Å². The summed E-state index contributed by atoms with van der Waals surface area (Å²) in [5.41, 5.74) is 1.61. The smallest absolute Gasteiger partial charge is 0.374 e. The fourth-order valence-electron chi connectivity index (χ4n) is 2.76. The van der Waals surface area contributed by atoms with Gasteiger partial charge >= 0.3 is 5.97 Å². The third-order valence-electron chi connectivity index (χ3n) is 4.21. The van der Waals surface area contributed by atoms with Gasteiger partial charge in [0.15, 0.2) is 12.0 Å². The molecule has 2 heterocycles. The van der Waals surface area contributed by atoms with Crippen LogP contribution in [0, 0.1) is 6.92 Å². The molecular weight excluding hydrogens is 376 g/mol. The number of rotatable bonds is 5. The molecule has 0 spiro atoms. The van der Waals surface area contributed by atoms with Crippen molar-refractivity contribution in [3.8, 4) is 17.1 Å². The van der Waals surface area contributed by atoms with Gasteiger partial charge in [-0.2, -0.15) is 4.98 Å². The number of aryl methyl sites for hydroxylation is 1. The number of hydrogen-bond donors (Lipinski definition) is 0. The number of methoxy groups -OCH3 is 1. The summed E-state index contributed by atoms with van der Waals surface area (Å²) in [6, 6.07) is 13.4. The van der Waals surface area contributed by atoms with Crippen molar-refractivity contribution in [2.75, 3.05) is 7.11 Å². The molecule has 146 valence electrons. The maximum Gasteiger partial charge on any atom is 0.374 e. The Balaban J connectivity index is 1.49. The lowest BCUT2D eigenvalue weighted by Crippen LogP contribution is -2.10. The molecule has 29 heavy (non-hydrogen) atoms. The van der Waals surface area contributed by atoms with E-state index in [0.29, 0.717) is 28.1 Å². The summed E-state index contributed by atoms with van der Waals surface area (Å²) in [5, 5.41) is 4.27. The van der Waals surface area contributed by atoms with Gasteiger partial charge in [0.2, 0.25) is 11.6 Å².